The molecule has 3 aromatic carbocycles. The molecule has 0 spiro atoms. The van der Waals surface area contributed by atoms with E-state index in [1.54, 1.807) is 30.3 Å². The highest BCUT2D eigenvalue weighted by atomic mass is 35.5. The lowest BCUT2D eigenvalue weighted by Gasteiger charge is -2.21. The van der Waals surface area contributed by atoms with Crippen molar-refractivity contribution in [3.05, 3.63) is 93.1 Å². The van der Waals surface area contributed by atoms with E-state index in [0.717, 1.165) is 16.2 Å². The molecule has 5 rings (SSSR count). The molecule has 2 aliphatic rings. The first-order valence-corrected chi connectivity index (χ1v) is 11.0. The average Bonchev–Trinajstić information content (AvgIpc) is 2.77. The summed E-state index contributed by atoms with van der Waals surface area (Å²) in [6, 6.07) is 20.0. The molecule has 0 amide bonds. The zero-order chi connectivity index (χ0) is 23.5. The zero-order valence-corrected chi connectivity index (χ0v) is 19.2. The first-order valence-electron chi connectivity index (χ1n) is 10.6. The molecule has 1 N–H and O–H groups in total. The van der Waals surface area contributed by atoms with E-state index in [1.165, 1.54) is 11.6 Å². The first kappa shape index (κ1) is 21.2. The Morgan fingerprint density at radius 3 is 2.36 bits per heavy atom. The molecule has 164 valence electrons. The van der Waals surface area contributed by atoms with Crippen molar-refractivity contribution < 1.29 is 14.3 Å². The third-order valence-electron chi connectivity index (χ3n) is 6.05. The monoisotopic (exact) mass is 456 g/mol. The van der Waals surface area contributed by atoms with E-state index in [1.807, 2.05) is 18.2 Å². The van der Waals surface area contributed by atoms with E-state index in [9.17, 15) is 14.7 Å². The Bertz CT molecular complexity index is 1610. The molecule has 0 bridgehead atoms. The van der Waals surface area contributed by atoms with Crippen LogP contribution in [0, 0.1) is 0 Å². The minimum Gasteiger partial charge on any atom is -0.478 e. The van der Waals surface area contributed by atoms with Crippen molar-refractivity contribution in [3.63, 3.8) is 0 Å². The maximum atomic E-state index is 12.3. The summed E-state index contributed by atoms with van der Waals surface area (Å²) in [4.78, 5) is 24.4. The fourth-order valence-corrected chi connectivity index (χ4v) is 4.49. The molecule has 1 heterocycles. The third-order valence-corrected chi connectivity index (χ3v) is 6.34. The average molecular weight is 457 g/mol. The molecular weight excluding hydrogens is 436 g/mol. The number of benzene rings is 4. The SMILES string of the molecule is CC(C)(C)c1ccc2c(ccc3c(-c4ccccc4C(=O)O)c4cc(Cl)c(=O)cc-4oc32)c1. The van der Waals surface area contributed by atoms with Crippen molar-refractivity contribution in [1.82, 2.24) is 0 Å². The standard InChI is InChI=1S/C28H21ClO4/c1-28(2,3)16-9-11-17-15(12-16)8-10-20-25(18-6-4-5-7-19(18)27(31)32)21-13-22(29)23(30)14-24(21)33-26(17)20/h4-14H,1-3H3,(H,31,32). The van der Waals surface area contributed by atoms with E-state index in [4.69, 9.17) is 16.0 Å². The van der Waals surface area contributed by atoms with Crippen molar-refractivity contribution in [3.8, 4) is 22.5 Å². The van der Waals surface area contributed by atoms with Crippen LogP contribution in [0.1, 0.15) is 36.7 Å². The summed E-state index contributed by atoms with van der Waals surface area (Å²) in [6.45, 7) is 6.48. The Morgan fingerprint density at radius 2 is 1.64 bits per heavy atom. The number of carboxylic acids is 1. The van der Waals surface area contributed by atoms with Crippen LogP contribution < -0.4 is 5.43 Å². The maximum absolute atomic E-state index is 12.3. The summed E-state index contributed by atoms with van der Waals surface area (Å²) in [7, 11) is 0. The summed E-state index contributed by atoms with van der Waals surface area (Å²) in [6.07, 6.45) is 0. The Kier molecular flexibility index (Phi) is 4.80. The summed E-state index contributed by atoms with van der Waals surface area (Å²) in [5.74, 6) is -0.672. The van der Waals surface area contributed by atoms with Gasteiger partial charge in [-0.1, -0.05) is 74.8 Å². The molecule has 0 aromatic heterocycles. The number of fused-ring (bicyclic) bond motifs is 4. The van der Waals surface area contributed by atoms with Gasteiger partial charge < -0.3 is 9.52 Å². The van der Waals surface area contributed by atoms with Crippen LogP contribution in [0.4, 0.5) is 0 Å². The van der Waals surface area contributed by atoms with Crippen LogP contribution >= 0.6 is 11.6 Å². The summed E-state index contributed by atoms with van der Waals surface area (Å²) in [5, 5.41) is 12.6. The number of carbonyl (C=O) groups is 1. The quantitative estimate of drug-likeness (QED) is 0.222. The largest absolute Gasteiger partial charge is 0.478 e. The second-order valence-electron chi connectivity index (χ2n) is 9.23. The Morgan fingerprint density at radius 1 is 0.909 bits per heavy atom. The first-order chi connectivity index (χ1) is 15.6. The van der Waals surface area contributed by atoms with Crippen LogP contribution in [-0.4, -0.2) is 11.1 Å². The van der Waals surface area contributed by atoms with Gasteiger partial charge in [0.2, 0.25) is 5.43 Å². The van der Waals surface area contributed by atoms with Gasteiger partial charge >= 0.3 is 5.97 Å². The Labute approximate surface area is 195 Å². The number of carboxylic acid groups (broad SMARTS) is 1. The third kappa shape index (κ3) is 3.47. The summed E-state index contributed by atoms with van der Waals surface area (Å²) in [5.41, 5.74) is 3.40. The maximum Gasteiger partial charge on any atom is 0.336 e. The topological polar surface area (TPSA) is 67.5 Å². The van der Waals surface area contributed by atoms with Gasteiger partial charge in [0.1, 0.15) is 11.3 Å². The van der Waals surface area contributed by atoms with Crippen LogP contribution in [0.15, 0.2) is 75.9 Å². The molecule has 0 saturated carbocycles. The van der Waals surface area contributed by atoms with Crippen LogP contribution in [-0.2, 0) is 5.41 Å². The van der Waals surface area contributed by atoms with Crippen molar-refractivity contribution in [2.75, 3.05) is 0 Å². The predicted octanol–water partition coefficient (Wildman–Crippen LogP) is 7.37. The molecule has 1 aliphatic heterocycles. The van der Waals surface area contributed by atoms with Crippen molar-refractivity contribution >= 4 is 39.3 Å². The van der Waals surface area contributed by atoms with Gasteiger partial charge in [0.05, 0.1) is 10.6 Å². The van der Waals surface area contributed by atoms with Crippen LogP contribution in [0.2, 0.25) is 5.02 Å². The van der Waals surface area contributed by atoms with Gasteiger partial charge in [-0.15, -0.1) is 0 Å². The Hall–Kier alpha value is -3.63. The minimum absolute atomic E-state index is 0.0104. The van der Waals surface area contributed by atoms with E-state index < -0.39 is 5.97 Å². The van der Waals surface area contributed by atoms with Gasteiger partial charge in [-0.05, 0) is 40.1 Å². The van der Waals surface area contributed by atoms with E-state index in [0.29, 0.717) is 28.0 Å². The number of hydrogen-bond donors (Lipinski definition) is 1. The zero-order valence-electron chi connectivity index (χ0n) is 18.4. The second kappa shape index (κ2) is 7.46. The smallest absolute Gasteiger partial charge is 0.336 e. The number of hydrogen-bond acceptors (Lipinski definition) is 3. The molecule has 33 heavy (non-hydrogen) atoms. The van der Waals surface area contributed by atoms with Crippen molar-refractivity contribution in [1.29, 1.82) is 0 Å². The molecule has 4 nitrogen and oxygen atoms in total. The molecule has 5 heteroatoms. The van der Waals surface area contributed by atoms with Crippen molar-refractivity contribution in [2.45, 2.75) is 26.2 Å². The van der Waals surface area contributed by atoms with Crippen LogP contribution in [0.5, 0.6) is 0 Å². The summed E-state index contributed by atoms with van der Waals surface area (Å²) < 4.78 is 6.28. The molecule has 1 aliphatic carbocycles. The second-order valence-corrected chi connectivity index (χ2v) is 9.64. The van der Waals surface area contributed by atoms with E-state index >= 15 is 0 Å². The van der Waals surface area contributed by atoms with E-state index in [2.05, 4.69) is 32.9 Å². The van der Waals surface area contributed by atoms with Crippen LogP contribution in [0.25, 0.3) is 44.2 Å². The molecule has 0 fully saturated rings. The van der Waals surface area contributed by atoms with Crippen LogP contribution in [0.3, 0.4) is 0 Å². The lowest BCUT2D eigenvalue weighted by atomic mass is 9.85. The highest BCUT2D eigenvalue weighted by Gasteiger charge is 2.23. The summed E-state index contributed by atoms with van der Waals surface area (Å²) >= 11 is 6.19. The van der Waals surface area contributed by atoms with Crippen molar-refractivity contribution in [2.24, 2.45) is 0 Å². The molecule has 0 radical (unpaired) electrons. The van der Waals surface area contributed by atoms with Gasteiger partial charge in [-0.3, -0.25) is 4.79 Å². The fraction of sp³-hybridized carbons (Fsp3) is 0.143. The lowest BCUT2D eigenvalue weighted by molar-refractivity contribution is 0.0697. The molecule has 3 aromatic rings. The number of rotatable bonds is 2. The van der Waals surface area contributed by atoms with Gasteiger partial charge in [-0.2, -0.15) is 0 Å². The highest BCUT2D eigenvalue weighted by Crippen LogP contribution is 2.44. The number of halogens is 1. The normalized spacial score (nSPS) is 12.0. The molecule has 0 saturated heterocycles. The molecular formula is C28H21ClO4. The van der Waals surface area contributed by atoms with Gasteiger partial charge in [0.15, 0.2) is 0 Å². The highest BCUT2D eigenvalue weighted by molar-refractivity contribution is 6.31. The van der Waals surface area contributed by atoms with Gasteiger partial charge in [-0.25, -0.2) is 4.79 Å². The fourth-order valence-electron chi connectivity index (χ4n) is 4.32. The molecule has 0 atom stereocenters. The predicted molar refractivity (Wildman–Crippen MR) is 133 cm³/mol. The van der Waals surface area contributed by atoms with E-state index in [-0.39, 0.29) is 21.4 Å². The van der Waals surface area contributed by atoms with Gasteiger partial charge in [0, 0.05) is 28.0 Å². The lowest BCUT2D eigenvalue weighted by Crippen LogP contribution is -2.10. The minimum atomic E-state index is -1.03. The number of aromatic carboxylic acids is 1. The van der Waals surface area contributed by atoms with Gasteiger partial charge in [0.25, 0.3) is 0 Å². The molecule has 0 unspecified atom stereocenters. The Balaban J connectivity index is 1.98.